The van der Waals surface area contributed by atoms with Gasteiger partial charge >= 0.3 is 0 Å². The third kappa shape index (κ3) is 4.55. The molecule has 0 aliphatic heterocycles. The van der Waals surface area contributed by atoms with Crippen LogP contribution in [0.4, 0.5) is 5.13 Å². The number of hydrogen-bond acceptors (Lipinski definition) is 6. The number of anilines is 1. The number of thiazole rings is 1. The highest BCUT2D eigenvalue weighted by Crippen LogP contribution is 2.25. The highest BCUT2D eigenvalue weighted by molar-refractivity contribution is 7.98. The van der Waals surface area contributed by atoms with E-state index in [1.165, 1.54) is 30.0 Å². The van der Waals surface area contributed by atoms with Gasteiger partial charge < -0.3 is 5.32 Å². The van der Waals surface area contributed by atoms with Crippen molar-refractivity contribution in [2.75, 3.05) is 5.32 Å². The molecule has 0 radical (unpaired) electrons. The molecule has 0 unspecified atom stereocenters. The van der Waals surface area contributed by atoms with Crippen LogP contribution in [0.25, 0.3) is 10.9 Å². The first-order valence-electron chi connectivity index (χ1n) is 8.98. The maximum Gasteiger partial charge on any atom is 0.262 e. The molecule has 6 nitrogen and oxygen atoms in total. The first-order valence-corrected chi connectivity index (χ1v) is 10.8. The third-order valence-corrected chi connectivity index (χ3v) is 6.01. The van der Waals surface area contributed by atoms with Crippen molar-refractivity contribution < 1.29 is 4.79 Å². The molecule has 0 spiro atoms. The van der Waals surface area contributed by atoms with Gasteiger partial charge in [0.25, 0.3) is 5.56 Å². The summed E-state index contributed by atoms with van der Waals surface area (Å²) >= 11 is 2.84. The second-order valence-corrected chi connectivity index (χ2v) is 8.20. The average Bonchev–Trinajstić information content (AvgIpc) is 3.16. The molecule has 2 aromatic heterocycles. The van der Waals surface area contributed by atoms with Gasteiger partial charge in [-0.1, -0.05) is 54.2 Å². The fraction of sp³-hybridized carbons (Fsp3) is 0.143. The second-order valence-electron chi connectivity index (χ2n) is 6.40. The van der Waals surface area contributed by atoms with Crippen LogP contribution >= 0.6 is 23.1 Å². The van der Waals surface area contributed by atoms with E-state index in [1.54, 1.807) is 10.6 Å². The van der Waals surface area contributed by atoms with Crippen LogP contribution in [0.5, 0.6) is 0 Å². The number of nitrogens with zero attached hydrogens (tertiary/aromatic N) is 3. The van der Waals surface area contributed by atoms with Gasteiger partial charge in [-0.2, -0.15) is 0 Å². The maximum atomic E-state index is 13.1. The smallest absolute Gasteiger partial charge is 0.262 e. The van der Waals surface area contributed by atoms with Gasteiger partial charge in [0.2, 0.25) is 5.91 Å². The SMILES string of the molecule is CC(=O)Nc1nc(CSc2nc3ccccc3c(=O)n2Cc2ccccc2)cs1. The van der Waals surface area contributed by atoms with Gasteiger partial charge in [0.05, 0.1) is 23.1 Å². The lowest BCUT2D eigenvalue weighted by atomic mass is 10.2. The summed E-state index contributed by atoms with van der Waals surface area (Å²) in [7, 11) is 0. The minimum atomic E-state index is -0.147. The van der Waals surface area contributed by atoms with E-state index in [-0.39, 0.29) is 11.5 Å². The highest BCUT2D eigenvalue weighted by Gasteiger charge is 2.13. The summed E-state index contributed by atoms with van der Waals surface area (Å²) in [6.45, 7) is 1.91. The van der Waals surface area contributed by atoms with Crippen LogP contribution in [0.15, 0.2) is 69.9 Å². The molecule has 0 fully saturated rings. The molecule has 2 aromatic carbocycles. The zero-order valence-corrected chi connectivity index (χ0v) is 17.3. The summed E-state index contributed by atoms with van der Waals surface area (Å²) in [5.74, 6) is 0.404. The predicted molar refractivity (Wildman–Crippen MR) is 118 cm³/mol. The van der Waals surface area contributed by atoms with Crippen LogP contribution in [-0.2, 0) is 17.1 Å². The molecule has 0 saturated heterocycles. The summed E-state index contributed by atoms with van der Waals surface area (Å²) in [6, 6.07) is 17.3. The lowest BCUT2D eigenvalue weighted by molar-refractivity contribution is -0.114. The first kappa shape index (κ1) is 19.4. The van der Waals surface area contributed by atoms with E-state index in [0.717, 1.165) is 11.3 Å². The molecule has 0 bridgehead atoms. The van der Waals surface area contributed by atoms with Crippen molar-refractivity contribution in [3.05, 3.63) is 81.6 Å². The van der Waals surface area contributed by atoms with Crippen LogP contribution in [0, 0.1) is 0 Å². The monoisotopic (exact) mass is 422 g/mol. The van der Waals surface area contributed by atoms with Crippen molar-refractivity contribution in [1.82, 2.24) is 14.5 Å². The number of rotatable bonds is 6. The zero-order chi connectivity index (χ0) is 20.2. The average molecular weight is 423 g/mol. The van der Waals surface area contributed by atoms with Crippen molar-refractivity contribution in [2.24, 2.45) is 0 Å². The summed E-state index contributed by atoms with van der Waals surface area (Å²) in [5.41, 5.74) is 2.49. The largest absolute Gasteiger partial charge is 0.302 e. The number of benzene rings is 2. The lowest BCUT2D eigenvalue weighted by Crippen LogP contribution is -2.24. The van der Waals surface area contributed by atoms with Crippen molar-refractivity contribution in [2.45, 2.75) is 24.4 Å². The molecular weight excluding hydrogens is 404 g/mol. The fourth-order valence-corrected chi connectivity index (χ4v) is 4.64. The minimum Gasteiger partial charge on any atom is -0.302 e. The van der Waals surface area contributed by atoms with Gasteiger partial charge in [0, 0.05) is 18.1 Å². The Morgan fingerprint density at radius 1 is 1.10 bits per heavy atom. The van der Waals surface area contributed by atoms with Crippen molar-refractivity contribution >= 4 is 45.0 Å². The number of para-hydroxylation sites is 1. The van der Waals surface area contributed by atoms with E-state index in [0.29, 0.717) is 33.5 Å². The van der Waals surface area contributed by atoms with Gasteiger partial charge in [-0.15, -0.1) is 11.3 Å². The fourth-order valence-electron chi connectivity index (χ4n) is 2.88. The van der Waals surface area contributed by atoms with E-state index in [9.17, 15) is 9.59 Å². The molecule has 1 N–H and O–H groups in total. The Hall–Kier alpha value is -2.97. The Balaban J connectivity index is 1.66. The summed E-state index contributed by atoms with van der Waals surface area (Å²) < 4.78 is 1.71. The second kappa shape index (κ2) is 8.59. The number of nitrogens with one attached hydrogen (secondary N) is 1. The van der Waals surface area contributed by atoms with Crippen LogP contribution < -0.4 is 10.9 Å². The lowest BCUT2D eigenvalue weighted by Gasteiger charge is -2.13. The first-order chi connectivity index (χ1) is 14.1. The Bertz CT molecular complexity index is 1220. The van der Waals surface area contributed by atoms with E-state index >= 15 is 0 Å². The number of fused-ring (bicyclic) bond motifs is 1. The molecule has 0 saturated carbocycles. The van der Waals surface area contributed by atoms with Gasteiger partial charge in [-0.05, 0) is 17.7 Å². The molecule has 8 heteroatoms. The molecule has 2 heterocycles. The topological polar surface area (TPSA) is 76.9 Å². The molecule has 146 valence electrons. The van der Waals surface area contributed by atoms with E-state index in [1.807, 2.05) is 53.9 Å². The van der Waals surface area contributed by atoms with Crippen molar-refractivity contribution in [1.29, 1.82) is 0 Å². The van der Waals surface area contributed by atoms with Gasteiger partial charge in [0.1, 0.15) is 0 Å². The quantitative estimate of drug-likeness (QED) is 0.373. The number of carbonyl (C=O) groups is 1. The van der Waals surface area contributed by atoms with Crippen molar-refractivity contribution in [3.8, 4) is 0 Å². The Morgan fingerprint density at radius 3 is 2.66 bits per heavy atom. The van der Waals surface area contributed by atoms with E-state index in [2.05, 4.69) is 10.3 Å². The van der Waals surface area contributed by atoms with Gasteiger partial charge in [-0.25, -0.2) is 9.97 Å². The highest BCUT2D eigenvalue weighted by atomic mass is 32.2. The van der Waals surface area contributed by atoms with E-state index < -0.39 is 0 Å². The Morgan fingerprint density at radius 2 is 1.86 bits per heavy atom. The van der Waals surface area contributed by atoms with Gasteiger partial charge in [0.15, 0.2) is 10.3 Å². The standard InChI is InChI=1S/C21H18N4O2S2/c1-14(26)22-20-23-16(12-28-20)13-29-21-24-18-10-6-5-9-17(18)19(27)25(21)11-15-7-3-2-4-8-15/h2-10,12H,11,13H2,1H3,(H,22,23,26). The zero-order valence-electron chi connectivity index (χ0n) is 15.7. The van der Waals surface area contributed by atoms with Crippen LogP contribution in [-0.4, -0.2) is 20.4 Å². The van der Waals surface area contributed by atoms with Crippen LogP contribution in [0.1, 0.15) is 18.2 Å². The summed E-state index contributed by atoms with van der Waals surface area (Å²) in [6.07, 6.45) is 0. The Kier molecular flexibility index (Phi) is 5.73. The Labute approximate surface area is 175 Å². The number of aromatic nitrogens is 3. The molecule has 29 heavy (non-hydrogen) atoms. The maximum absolute atomic E-state index is 13.1. The molecule has 1 amide bonds. The normalized spacial score (nSPS) is 10.9. The van der Waals surface area contributed by atoms with Crippen LogP contribution in [0.2, 0.25) is 0 Å². The number of carbonyl (C=O) groups excluding carboxylic acids is 1. The predicted octanol–water partition coefficient (Wildman–Crippen LogP) is 4.15. The summed E-state index contributed by atoms with van der Waals surface area (Å²) in [5, 5.41) is 6.41. The number of hydrogen-bond donors (Lipinski definition) is 1. The molecule has 0 aliphatic carbocycles. The molecule has 4 rings (SSSR count). The van der Waals surface area contributed by atoms with Crippen LogP contribution in [0.3, 0.4) is 0 Å². The minimum absolute atomic E-state index is 0.0563. The van der Waals surface area contributed by atoms with Gasteiger partial charge in [-0.3, -0.25) is 14.2 Å². The summed E-state index contributed by atoms with van der Waals surface area (Å²) in [4.78, 5) is 33.5. The molecular formula is C21H18N4O2S2. The van der Waals surface area contributed by atoms with Crippen molar-refractivity contribution in [3.63, 3.8) is 0 Å². The third-order valence-electron chi connectivity index (χ3n) is 4.19. The number of amides is 1. The number of thioether (sulfide) groups is 1. The van der Waals surface area contributed by atoms with E-state index in [4.69, 9.17) is 4.98 Å². The molecule has 0 atom stereocenters. The molecule has 4 aromatic rings. The molecule has 0 aliphatic rings.